The summed E-state index contributed by atoms with van der Waals surface area (Å²) in [7, 11) is 0. The van der Waals surface area contributed by atoms with Gasteiger partial charge in [0.2, 0.25) is 0 Å². The summed E-state index contributed by atoms with van der Waals surface area (Å²) in [5, 5.41) is 10.5. The maximum Gasteiger partial charge on any atom is 0.273 e. The monoisotopic (exact) mass is 426 g/mol. The molecule has 0 saturated carbocycles. The first kappa shape index (κ1) is 20.9. The van der Waals surface area contributed by atoms with Crippen molar-refractivity contribution in [2.24, 2.45) is 10.9 Å². The van der Waals surface area contributed by atoms with Crippen LogP contribution in [0.5, 0.6) is 0 Å². The van der Waals surface area contributed by atoms with Crippen molar-refractivity contribution in [2.45, 2.75) is 58.5 Å². The van der Waals surface area contributed by atoms with Gasteiger partial charge < -0.3 is 10.2 Å². The van der Waals surface area contributed by atoms with E-state index in [1.54, 1.807) is 10.9 Å². The van der Waals surface area contributed by atoms with Gasteiger partial charge >= 0.3 is 0 Å². The fourth-order valence-corrected chi connectivity index (χ4v) is 4.81. The maximum atomic E-state index is 13.2. The zero-order valence-corrected chi connectivity index (χ0v) is 18.7. The van der Waals surface area contributed by atoms with Gasteiger partial charge in [-0.1, -0.05) is 6.92 Å². The minimum atomic E-state index is 0.00929. The highest BCUT2D eigenvalue weighted by molar-refractivity contribution is 7.13. The van der Waals surface area contributed by atoms with Crippen LogP contribution < -0.4 is 5.32 Å². The van der Waals surface area contributed by atoms with Crippen LogP contribution in [0.3, 0.4) is 0 Å². The molecule has 0 spiro atoms. The second-order valence-corrected chi connectivity index (χ2v) is 9.31. The number of thiazole rings is 1. The number of aromatic nitrogens is 3. The molecule has 2 aromatic heterocycles. The summed E-state index contributed by atoms with van der Waals surface area (Å²) >= 11 is 1.48. The average molecular weight is 427 g/mol. The van der Waals surface area contributed by atoms with E-state index in [1.165, 1.54) is 11.3 Å². The van der Waals surface area contributed by atoms with Crippen LogP contribution in [0.2, 0.25) is 0 Å². The van der Waals surface area contributed by atoms with Crippen molar-refractivity contribution in [3.63, 3.8) is 0 Å². The Hall–Kier alpha value is -2.32. The summed E-state index contributed by atoms with van der Waals surface area (Å²) < 4.78 is 1.80. The normalized spacial score (nSPS) is 24.9. The Morgan fingerprint density at radius 1 is 1.37 bits per heavy atom. The second-order valence-electron chi connectivity index (χ2n) is 8.46. The van der Waals surface area contributed by atoms with Gasteiger partial charge in [0.25, 0.3) is 5.91 Å². The number of hydrogen-bond donors (Lipinski definition) is 1. The highest BCUT2D eigenvalue weighted by Gasteiger charge is 2.30. The molecule has 2 aliphatic rings. The van der Waals surface area contributed by atoms with Crippen LogP contribution in [0.1, 0.15) is 56.9 Å². The van der Waals surface area contributed by atoms with Crippen molar-refractivity contribution in [3.05, 3.63) is 29.5 Å². The van der Waals surface area contributed by atoms with Crippen molar-refractivity contribution >= 4 is 29.3 Å². The lowest BCUT2D eigenvalue weighted by molar-refractivity contribution is 0.0621. The van der Waals surface area contributed by atoms with Crippen LogP contribution >= 0.6 is 11.3 Å². The third kappa shape index (κ3) is 4.54. The van der Waals surface area contributed by atoms with Crippen molar-refractivity contribution < 1.29 is 4.79 Å². The minimum absolute atomic E-state index is 0.00929. The van der Waals surface area contributed by atoms with Gasteiger partial charge in [-0.2, -0.15) is 5.10 Å². The van der Waals surface area contributed by atoms with E-state index in [-0.39, 0.29) is 18.0 Å². The summed E-state index contributed by atoms with van der Waals surface area (Å²) in [6.45, 7) is 8.19. The van der Waals surface area contributed by atoms with Gasteiger partial charge in [-0.3, -0.25) is 4.79 Å². The van der Waals surface area contributed by atoms with Crippen LogP contribution in [0, 0.1) is 5.92 Å². The fraction of sp³-hybridized carbons (Fsp3) is 0.545. The molecule has 1 fully saturated rings. The average Bonchev–Trinajstić information content (AvgIpc) is 3.45. The summed E-state index contributed by atoms with van der Waals surface area (Å²) in [4.78, 5) is 24.4. The van der Waals surface area contributed by atoms with E-state index in [2.05, 4.69) is 47.2 Å². The fourth-order valence-electron chi connectivity index (χ4n) is 4.04. The zero-order chi connectivity index (χ0) is 21.1. The predicted molar refractivity (Wildman–Crippen MR) is 122 cm³/mol. The highest BCUT2D eigenvalue weighted by atomic mass is 32.1. The molecular weight excluding hydrogens is 396 g/mol. The molecule has 0 aliphatic carbocycles. The number of hydrogen-bond acceptors (Lipinski definition) is 6. The smallest absolute Gasteiger partial charge is 0.273 e. The van der Waals surface area contributed by atoms with Crippen LogP contribution in [-0.4, -0.2) is 57.0 Å². The summed E-state index contributed by atoms with van der Waals surface area (Å²) in [6, 6.07) is 0.374. The molecule has 2 aliphatic heterocycles. The molecule has 4 heterocycles. The zero-order valence-electron chi connectivity index (χ0n) is 17.9. The number of aliphatic imine (C=N–C) groups is 1. The van der Waals surface area contributed by atoms with Crippen LogP contribution in [0.15, 0.2) is 28.8 Å². The summed E-state index contributed by atoms with van der Waals surface area (Å²) in [6.07, 6.45) is 12.0. The number of rotatable bonds is 5. The first-order valence-electron chi connectivity index (χ1n) is 10.8. The number of carbonyl (C=O) groups is 1. The number of allylic oxidation sites excluding steroid dienone is 1. The SMILES string of the molecule is CC(C)N(C(=O)c1csc(-c2cnn(C3=C/CC[C@H](C)C\C=N\3)c2)n1)[C@@H]1CCNC1. The third-order valence-electron chi connectivity index (χ3n) is 5.72. The molecule has 160 valence electrons. The van der Waals surface area contributed by atoms with Crippen molar-refractivity contribution in [1.82, 2.24) is 25.0 Å². The van der Waals surface area contributed by atoms with E-state index in [9.17, 15) is 4.79 Å². The van der Waals surface area contributed by atoms with Gasteiger partial charge in [-0.15, -0.1) is 11.3 Å². The van der Waals surface area contributed by atoms with E-state index in [0.717, 1.165) is 55.2 Å². The molecule has 4 rings (SSSR count). The number of amides is 1. The summed E-state index contributed by atoms with van der Waals surface area (Å²) in [5.74, 6) is 1.52. The topological polar surface area (TPSA) is 75.4 Å². The lowest BCUT2D eigenvalue weighted by Crippen LogP contribution is -2.46. The standard InChI is InChI=1S/C22H30N6OS/c1-15(2)28(18-8-9-23-12-18)22(29)19-14-30-21(26-19)17-11-25-27(13-17)20-6-4-5-16(3)7-10-24-20/h6,10-11,13-16,18,23H,4-5,7-9,12H2,1-3H3/b20-6+,24-10+/t16-,18+/m0/s1. The molecule has 0 aromatic carbocycles. The number of nitrogens with zero attached hydrogens (tertiary/aromatic N) is 5. The Labute approximate surface area is 181 Å². The van der Waals surface area contributed by atoms with Gasteiger partial charge in [0.1, 0.15) is 16.5 Å². The molecule has 2 aromatic rings. The van der Waals surface area contributed by atoms with Crippen LogP contribution in [-0.2, 0) is 0 Å². The van der Waals surface area contributed by atoms with E-state index >= 15 is 0 Å². The maximum absolute atomic E-state index is 13.2. The second kappa shape index (κ2) is 9.22. The van der Waals surface area contributed by atoms with Crippen LogP contribution in [0.4, 0.5) is 0 Å². The molecule has 1 N–H and O–H groups in total. The Morgan fingerprint density at radius 3 is 3.00 bits per heavy atom. The third-order valence-corrected chi connectivity index (χ3v) is 6.62. The first-order chi connectivity index (χ1) is 14.5. The molecular formula is C22H30N6OS. The quantitative estimate of drug-likeness (QED) is 0.787. The van der Waals surface area contributed by atoms with E-state index < -0.39 is 0 Å². The van der Waals surface area contributed by atoms with Gasteiger partial charge in [0.05, 0.1) is 6.20 Å². The summed E-state index contributed by atoms with van der Waals surface area (Å²) in [5.41, 5.74) is 1.42. The molecule has 0 bridgehead atoms. The molecule has 0 unspecified atom stereocenters. The van der Waals surface area contributed by atoms with Crippen molar-refractivity contribution in [2.75, 3.05) is 13.1 Å². The van der Waals surface area contributed by atoms with E-state index in [4.69, 9.17) is 0 Å². The first-order valence-corrected chi connectivity index (χ1v) is 11.7. The Bertz CT molecular complexity index is 937. The Morgan fingerprint density at radius 2 is 2.23 bits per heavy atom. The lowest BCUT2D eigenvalue weighted by atomic mass is 10.0. The van der Waals surface area contributed by atoms with Crippen LogP contribution in [0.25, 0.3) is 16.4 Å². The number of nitrogens with one attached hydrogen (secondary N) is 1. The van der Waals surface area contributed by atoms with Crippen molar-refractivity contribution in [3.8, 4) is 10.6 Å². The predicted octanol–water partition coefficient (Wildman–Crippen LogP) is 3.91. The van der Waals surface area contributed by atoms with E-state index in [0.29, 0.717) is 11.6 Å². The van der Waals surface area contributed by atoms with Gasteiger partial charge in [0, 0.05) is 42.0 Å². The van der Waals surface area contributed by atoms with E-state index in [1.807, 2.05) is 22.7 Å². The molecule has 1 saturated heterocycles. The van der Waals surface area contributed by atoms with Crippen molar-refractivity contribution in [1.29, 1.82) is 0 Å². The molecule has 1 amide bonds. The highest BCUT2D eigenvalue weighted by Crippen LogP contribution is 2.26. The molecule has 7 nitrogen and oxygen atoms in total. The van der Waals surface area contributed by atoms with Gasteiger partial charge in [-0.05, 0) is 58.1 Å². The van der Waals surface area contributed by atoms with Gasteiger partial charge in [-0.25, -0.2) is 14.7 Å². The Balaban J connectivity index is 1.52. The largest absolute Gasteiger partial charge is 0.331 e. The molecule has 0 radical (unpaired) electrons. The van der Waals surface area contributed by atoms with Gasteiger partial charge in [0.15, 0.2) is 0 Å². The lowest BCUT2D eigenvalue weighted by Gasteiger charge is -2.31. The Kier molecular flexibility index (Phi) is 6.43. The number of carbonyl (C=O) groups excluding carboxylic acids is 1. The minimum Gasteiger partial charge on any atom is -0.331 e. The molecule has 8 heteroatoms. The molecule has 2 atom stereocenters. The molecule has 30 heavy (non-hydrogen) atoms.